The number of carbonyl (C=O) groups is 2. The van der Waals surface area contributed by atoms with Gasteiger partial charge < -0.3 is 30.1 Å². The summed E-state index contributed by atoms with van der Waals surface area (Å²) in [7, 11) is 1.51. The number of fused-ring (bicyclic) bond motifs is 1. The predicted octanol–water partition coefficient (Wildman–Crippen LogP) is 2.22. The first-order valence-corrected chi connectivity index (χ1v) is 11.2. The van der Waals surface area contributed by atoms with Crippen molar-refractivity contribution in [1.82, 2.24) is 19.8 Å². The summed E-state index contributed by atoms with van der Waals surface area (Å²) in [4.78, 5) is 36.7. The minimum absolute atomic E-state index is 0.166. The van der Waals surface area contributed by atoms with Gasteiger partial charge in [-0.25, -0.2) is 14.8 Å². The Balaban J connectivity index is 1.36. The first kappa shape index (κ1) is 22.8. The molecular formula is C23H29N5O5. The number of hydrogen-bond acceptors (Lipinski definition) is 7. The number of pyridine rings is 2. The molecule has 1 saturated heterocycles. The van der Waals surface area contributed by atoms with Gasteiger partial charge in [-0.3, -0.25) is 4.79 Å². The number of aromatic nitrogens is 2. The number of aliphatic hydroxyl groups excluding tert-OH is 1. The average Bonchev–Trinajstić information content (AvgIpc) is 3.17. The van der Waals surface area contributed by atoms with E-state index in [4.69, 9.17) is 4.74 Å². The van der Waals surface area contributed by atoms with E-state index in [2.05, 4.69) is 15.3 Å². The first-order valence-electron chi connectivity index (χ1n) is 11.2. The molecule has 33 heavy (non-hydrogen) atoms. The molecule has 10 heteroatoms. The molecule has 2 aliphatic heterocycles. The summed E-state index contributed by atoms with van der Waals surface area (Å²) in [5, 5.41) is 22.7. The third kappa shape index (κ3) is 5.16. The summed E-state index contributed by atoms with van der Waals surface area (Å²) in [6, 6.07) is 6.51. The zero-order chi connectivity index (χ0) is 23.4. The summed E-state index contributed by atoms with van der Waals surface area (Å²) in [6.45, 7) is 2.26. The largest absolute Gasteiger partial charge is 0.481 e. The van der Waals surface area contributed by atoms with Gasteiger partial charge in [-0.05, 0) is 30.9 Å². The van der Waals surface area contributed by atoms with Gasteiger partial charge in [-0.15, -0.1) is 0 Å². The Morgan fingerprint density at radius 3 is 2.88 bits per heavy atom. The lowest BCUT2D eigenvalue weighted by atomic mass is 10.0. The smallest absolute Gasteiger partial charge is 0.320 e. The Labute approximate surface area is 192 Å². The molecule has 3 N–H and O–H groups in total. The van der Waals surface area contributed by atoms with Gasteiger partial charge >= 0.3 is 12.0 Å². The Bertz CT molecular complexity index is 999. The van der Waals surface area contributed by atoms with Gasteiger partial charge in [0.25, 0.3) is 0 Å². The molecule has 1 fully saturated rings. The van der Waals surface area contributed by atoms with Crippen LogP contribution in [-0.2, 0) is 11.2 Å². The molecule has 2 amide bonds. The molecule has 0 spiro atoms. The van der Waals surface area contributed by atoms with Crippen LogP contribution in [0.3, 0.4) is 0 Å². The third-order valence-corrected chi connectivity index (χ3v) is 6.14. The monoisotopic (exact) mass is 455 g/mol. The number of rotatable bonds is 9. The topological polar surface area (TPSA) is 128 Å². The average molecular weight is 456 g/mol. The summed E-state index contributed by atoms with van der Waals surface area (Å²) < 4.78 is 5.07. The van der Waals surface area contributed by atoms with Crippen molar-refractivity contribution in [2.75, 3.05) is 38.6 Å². The number of carbonyl (C=O) groups excluding carboxylic acids is 1. The predicted molar refractivity (Wildman–Crippen MR) is 120 cm³/mol. The van der Waals surface area contributed by atoms with Crippen LogP contribution in [0, 0.1) is 0 Å². The Morgan fingerprint density at radius 1 is 1.30 bits per heavy atom. The lowest BCUT2D eigenvalue weighted by molar-refractivity contribution is -0.138. The molecule has 10 nitrogen and oxygen atoms in total. The molecule has 4 heterocycles. The number of anilines is 1. The first-order chi connectivity index (χ1) is 16.0. The van der Waals surface area contributed by atoms with Crippen LogP contribution in [0.2, 0.25) is 0 Å². The molecule has 0 saturated carbocycles. The van der Waals surface area contributed by atoms with E-state index < -0.39 is 18.1 Å². The normalized spacial score (nSPS) is 18.6. The molecule has 2 aliphatic rings. The van der Waals surface area contributed by atoms with Gasteiger partial charge in [0.05, 0.1) is 25.7 Å². The van der Waals surface area contributed by atoms with Crippen LogP contribution in [0.1, 0.15) is 48.2 Å². The molecule has 176 valence electrons. The summed E-state index contributed by atoms with van der Waals surface area (Å²) in [5.41, 5.74) is 2.40. The minimum Gasteiger partial charge on any atom is -0.481 e. The van der Waals surface area contributed by atoms with E-state index in [-0.39, 0.29) is 12.5 Å². The maximum atomic E-state index is 13.1. The molecule has 0 bridgehead atoms. The number of aryl methyl sites for hydroxylation is 1. The van der Waals surface area contributed by atoms with Gasteiger partial charge in [0.2, 0.25) is 5.88 Å². The second kappa shape index (κ2) is 10.0. The van der Waals surface area contributed by atoms with Gasteiger partial charge in [-0.1, -0.05) is 12.1 Å². The summed E-state index contributed by atoms with van der Waals surface area (Å²) in [5.74, 6) is 0.196. The standard InChI is InChI=1S/C23H29N5O5/c1-33-20-7-4-15(14-25-20)18(13-21(30)31)28-12-11-27(23(28)32)10-2-3-16-5-6-17-19(29)8-9-24-22(17)26-16/h4-7,14,18-19,29H,2-3,8-13H2,1H3,(H,24,26)(H,30,31)/t18-,19+/m0/s1. The minimum atomic E-state index is -0.973. The number of hydrogen-bond donors (Lipinski definition) is 3. The van der Waals surface area contributed by atoms with E-state index in [0.717, 1.165) is 23.5 Å². The van der Waals surface area contributed by atoms with Crippen molar-refractivity contribution < 1.29 is 24.5 Å². The van der Waals surface area contributed by atoms with Gasteiger partial charge in [-0.2, -0.15) is 0 Å². The Kier molecular flexibility index (Phi) is 6.93. The van der Waals surface area contributed by atoms with Crippen LogP contribution < -0.4 is 10.1 Å². The van der Waals surface area contributed by atoms with Gasteiger partial charge in [0, 0.05) is 49.7 Å². The highest BCUT2D eigenvalue weighted by molar-refractivity contribution is 5.78. The molecule has 0 aromatic carbocycles. The molecule has 4 rings (SSSR count). The SMILES string of the molecule is COc1ccc([C@H](CC(=O)O)N2CCN(CCCc3ccc4c(n3)NCC[C@H]4O)C2=O)cn1. The quantitative estimate of drug-likeness (QED) is 0.525. The van der Waals surface area contributed by atoms with E-state index in [9.17, 15) is 19.8 Å². The van der Waals surface area contributed by atoms with Crippen LogP contribution in [-0.4, -0.2) is 75.3 Å². The molecule has 2 aromatic rings. The molecular weight excluding hydrogens is 426 g/mol. The van der Waals surface area contributed by atoms with E-state index in [1.807, 2.05) is 12.1 Å². The second-order valence-electron chi connectivity index (χ2n) is 8.29. The second-order valence-corrected chi connectivity index (χ2v) is 8.29. The Hall–Kier alpha value is -3.40. The van der Waals surface area contributed by atoms with Crippen LogP contribution in [0.25, 0.3) is 0 Å². The number of nitrogens with one attached hydrogen (secondary N) is 1. The number of methoxy groups -OCH3 is 1. The number of carboxylic acid groups (broad SMARTS) is 1. The summed E-state index contributed by atoms with van der Waals surface area (Å²) >= 11 is 0. The molecule has 2 aromatic heterocycles. The van der Waals surface area contributed by atoms with Crippen LogP contribution in [0.15, 0.2) is 30.5 Å². The summed E-state index contributed by atoms with van der Waals surface area (Å²) in [6.07, 6.45) is 3.02. The van der Waals surface area contributed by atoms with Crippen molar-refractivity contribution in [2.24, 2.45) is 0 Å². The van der Waals surface area contributed by atoms with E-state index in [1.54, 1.807) is 28.1 Å². The maximum absolute atomic E-state index is 13.1. The number of ether oxygens (including phenoxy) is 1. The zero-order valence-electron chi connectivity index (χ0n) is 18.6. The molecule has 0 aliphatic carbocycles. The lowest BCUT2D eigenvalue weighted by Crippen LogP contribution is -2.36. The highest BCUT2D eigenvalue weighted by atomic mass is 16.5. The van der Waals surface area contributed by atoms with E-state index in [0.29, 0.717) is 50.5 Å². The molecule has 0 radical (unpaired) electrons. The van der Waals surface area contributed by atoms with Gasteiger partial charge in [0.15, 0.2) is 0 Å². The Morgan fingerprint density at radius 2 is 2.15 bits per heavy atom. The number of aliphatic carboxylic acids is 1. The number of carboxylic acids is 1. The van der Waals surface area contributed by atoms with Crippen molar-refractivity contribution in [3.05, 3.63) is 47.3 Å². The third-order valence-electron chi connectivity index (χ3n) is 6.14. The van der Waals surface area contributed by atoms with Crippen molar-refractivity contribution in [3.8, 4) is 5.88 Å². The fourth-order valence-electron chi connectivity index (χ4n) is 4.37. The fourth-order valence-corrected chi connectivity index (χ4v) is 4.37. The number of aliphatic hydroxyl groups is 1. The molecule has 0 unspecified atom stereocenters. The number of amides is 2. The zero-order valence-corrected chi connectivity index (χ0v) is 18.6. The lowest BCUT2D eigenvalue weighted by Gasteiger charge is -2.27. The molecule has 2 atom stereocenters. The van der Waals surface area contributed by atoms with Crippen LogP contribution in [0.4, 0.5) is 10.6 Å². The number of nitrogens with zero attached hydrogens (tertiary/aromatic N) is 4. The fraction of sp³-hybridized carbons (Fsp3) is 0.478. The van der Waals surface area contributed by atoms with Crippen molar-refractivity contribution in [2.45, 2.75) is 37.8 Å². The highest BCUT2D eigenvalue weighted by Gasteiger charge is 2.35. The number of urea groups is 1. The van der Waals surface area contributed by atoms with Crippen molar-refractivity contribution >= 4 is 17.8 Å². The van der Waals surface area contributed by atoms with Crippen LogP contribution >= 0.6 is 0 Å². The van der Waals surface area contributed by atoms with E-state index in [1.165, 1.54) is 7.11 Å². The van der Waals surface area contributed by atoms with Crippen molar-refractivity contribution in [3.63, 3.8) is 0 Å². The van der Waals surface area contributed by atoms with E-state index >= 15 is 0 Å². The van der Waals surface area contributed by atoms with Crippen LogP contribution in [0.5, 0.6) is 5.88 Å². The van der Waals surface area contributed by atoms with Gasteiger partial charge in [0.1, 0.15) is 5.82 Å². The van der Waals surface area contributed by atoms with Crippen molar-refractivity contribution in [1.29, 1.82) is 0 Å². The maximum Gasteiger partial charge on any atom is 0.320 e. The highest BCUT2D eigenvalue weighted by Crippen LogP contribution is 2.30.